The molecular weight excluding hydrogens is 348 g/mol. The van der Waals surface area contributed by atoms with Gasteiger partial charge < -0.3 is 19.7 Å². The number of carbonyl (C=O) groups excluding carboxylic acids is 3. The number of allylic oxidation sites excluding steroid dienone is 2. The predicted octanol–water partition coefficient (Wildman–Crippen LogP) is 1.85. The minimum Gasteiger partial charge on any atom is -0.465 e. The van der Waals surface area contributed by atoms with Gasteiger partial charge in [0.05, 0.1) is 37.7 Å². The van der Waals surface area contributed by atoms with Crippen LogP contribution in [0.4, 0.5) is 5.69 Å². The van der Waals surface area contributed by atoms with Crippen molar-refractivity contribution in [1.82, 2.24) is 4.90 Å². The van der Waals surface area contributed by atoms with Crippen LogP contribution in [0.5, 0.6) is 0 Å². The summed E-state index contributed by atoms with van der Waals surface area (Å²) in [6, 6.07) is 6.50. The van der Waals surface area contributed by atoms with Gasteiger partial charge in [0, 0.05) is 18.8 Å². The monoisotopic (exact) mass is 372 g/mol. The molecule has 1 aromatic carbocycles. The lowest BCUT2D eigenvalue weighted by atomic mass is 9.81. The molecular formula is C20H24N2O5. The largest absolute Gasteiger partial charge is 0.465 e. The van der Waals surface area contributed by atoms with Crippen LogP contribution in [-0.2, 0) is 19.1 Å². The zero-order valence-electron chi connectivity index (χ0n) is 15.3. The Morgan fingerprint density at radius 2 is 1.67 bits per heavy atom. The van der Waals surface area contributed by atoms with Crippen molar-refractivity contribution in [2.75, 3.05) is 38.7 Å². The van der Waals surface area contributed by atoms with Crippen molar-refractivity contribution < 1.29 is 23.9 Å². The predicted molar refractivity (Wildman–Crippen MR) is 99.2 cm³/mol. The van der Waals surface area contributed by atoms with E-state index in [0.717, 1.165) is 0 Å². The van der Waals surface area contributed by atoms with Gasteiger partial charge >= 0.3 is 5.97 Å². The second kappa shape index (κ2) is 8.81. The molecule has 1 N–H and O–H groups in total. The molecule has 1 fully saturated rings. The van der Waals surface area contributed by atoms with E-state index in [0.29, 0.717) is 50.4 Å². The fraction of sp³-hybridized carbons (Fsp3) is 0.450. The summed E-state index contributed by atoms with van der Waals surface area (Å²) < 4.78 is 9.97. The van der Waals surface area contributed by atoms with Crippen LogP contribution in [0.15, 0.2) is 36.4 Å². The molecule has 0 bridgehead atoms. The number of esters is 1. The fourth-order valence-corrected chi connectivity index (χ4v) is 3.44. The number of amides is 2. The molecule has 1 aromatic rings. The van der Waals surface area contributed by atoms with Crippen molar-refractivity contribution in [3.63, 3.8) is 0 Å². The topological polar surface area (TPSA) is 84.9 Å². The second-order valence-corrected chi connectivity index (χ2v) is 6.65. The Morgan fingerprint density at radius 3 is 2.30 bits per heavy atom. The van der Waals surface area contributed by atoms with E-state index in [-0.39, 0.29) is 17.7 Å². The highest BCUT2D eigenvalue weighted by Gasteiger charge is 2.36. The molecule has 3 rings (SSSR count). The SMILES string of the molecule is COC(=O)c1ccc(NC(=O)C2CC=CCC2C(=O)N2CCOCC2)cc1. The summed E-state index contributed by atoms with van der Waals surface area (Å²) in [4.78, 5) is 39.0. The number of nitrogens with one attached hydrogen (secondary N) is 1. The molecule has 7 nitrogen and oxygen atoms in total. The molecule has 144 valence electrons. The molecule has 0 spiro atoms. The third-order valence-corrected chi connectivity index (χ3v) is 4.98. The van der Waals surface area contributed by atoms with E-state index in [4.69, 9.17) is 4.74 Å². The number of benzene rings is 1. The summed E-state index contributed by atoms with van der Waals surface area (Å²) in [7, 11) is 1.32. The van der Waals surface area contributed by atoms with Gasteiger partial charge in [0.2, 0.25) is 11.8 Å². The van der Waals surface area contributed by atoms with Crippen molar-refractivity contribution >= 4 is 23.5 Å². The summed E-state index contributed by atoms with van der Waals surface area (Å²) in [6.07, 6.45) is 5.02. The maximum atomic E-state index is 12.9. The molecule has 1 aliphatic carbocycles. The number of methoxy groups -OCH3 is 1. The average Bonchev–Trinajstić information content (AvgIpc) is 2.73. The number of nitrogens with zero attached hydrogens (tertiary/aromatic N) is 1. The third-order valence-electron chi connectivity index (χ3n) is 4.98. The molecule has 27 heavy (non-hydrogen) atoms. The molecule has 0 saturated carbocycles. The fourth-order valence-electron chi connectivity index (χ4n) is 3.44. The van der Waals surface area contributed by atoms with E-state index in [9.17, 15) is 14.4 Å². The van der Waals surface area contributed by atoms with Crippen LogP contribution in [0.1, 0.15) is 23.2 Å². The maximum absolute atomic E-state index is 12.9. The molecule has 2 amide bonds. The summed E-state index contributed by atoms with van der Waals surface area (Å²) in [5.74, 6) is -1.37. The van der Waals surface area contributed by atoms with Gasteiger partial charge in [-0.1, -0.05) is 12.2 Å². The summed E-state index contributed by atoms with van der Waals surface area (Å²) >= 11 is 0. The number of ether oxygens (including phenoxy) is 2. The lowest BCUT2D eigenvalue weighted by Crippen LogP contribution is -2.47. The minimum atomic E-state index is -0.429. The Labute approximate surface area is 158 Å². The molecule has 7 heteroatoms. The number of carbonyl (C=O) groups is 3. The van der Waals surface area contributed by atoms with Gasteiger partial charge in [-0.25, -0.2) is 4.79 Å². The van der Waals surface area contributed by atoms with Crippen molar-refractivity contribution in [3.05, 3.63) is 42.0 Å². The van der Waals surface area contributed by atoms with Gasteiger partial charge in [0.1, 0.15) is 0 Å². The molecule has 2 aliphatic rings. The van der Waals surface area contributed by atoms with Crippen LogP contribution in [0.3, 0.4) is 0 Å². The smallest absolute Gasteiger partial charge is 0.337 e. The van der Waals surface area contributed by atoms with Gasteiger partial charge in [-0.15, -0.1) is 0 Å². The Morgan fingerprint density at radius 1 is 1.04 bits per heavy atom. The molecule has 1 saturated heterocycles. The van der Waals surface area contributed by atoms with E-state index >= 15 is 0 Å². The highest BCUT2D eigenvalue weighted by molar-refractivity contribution is 5.97. The maximum Gasteiger partial charge on any atom is 0.337 e. The Balaban J connectivity index is 1.67. The van der Waals surface area contributed by atoms with Crippen LogP contribution in [0.2, 0.25) is 0 Å². The number of morpholine rings is 1. The van der Waals surface area contributed by atoms with Crippen LogP contribution >= 0.6 is 0 Å². The van der Waals surface area contributed by atoms with Crippen molar-refractivity contribution in [1.29, 1.82) is 0 Å². The van der Waals surface area contributed by atoms with E-state index in [1.54, 1.807) is 29.2 Å². The lowest BCUT2D eigenvalue weighted by Gasteiger charge is -2.34. The summed E-state index contributed by atoms with van der Waals surface area (Å²) in [5.41, 5.74) is 0.997. The van der Waals surface area contributed by atoms with Crippen molar-refractivity contribution in [2.24, 2.45) is 11.8 Å². The minimum absolute atomic E-state index is 0.0174. The lowest BCUT2D eigenvalue weighted by molar-refractivity contribution is -0.144. The first-order valence-corrected chi connectivity index (χ1v) is 9.11. The number of rotatable bonds is 4. The quantitative estimate of drug-likeness (QED) is 0.644. The standard InChI is InChI=1S/C20H24N2O5/c1-26-20(25)14-6-8-15(9-7-14)21-18(23)16-4-2-3-5-17(16)19(24)22-10-12-27-13-11-22/h2-3,6-9,16-17H,4-5,10-13H2,1H3,(H,21,23). The molecule has 0 aromatic heterocycles. The first-order chi connectivity index (χ1) is 13.1. The van der Waals surface area contributed by atoms with Crippen molar-refractivity contribution in [2.45, 2.75) is 12.8 Å². The molecule has 2 unspecified atom stereocenters. The molecule has 1 heterocycles. The second-order valence-electron chi connectivity index (χ2n) is 6.65. The number of hydrogen-bond donors (Lipinski definition) is 1. The van der Waals surface area contributed by atoms with Gasteiger partial charge in [-0.2, -0.15) is 0 Å². The van der Waals surface area contributed by atoms with Crippen LogP contribution in [0.25, 0.3) is 0 Å². The van der Waals surface area contributed by atoms with Gasteiger partial charge in [-0.3, -0.25) is 9.59 Å². The van der Waals surface area contributed by atoms with Crippen LogP contribution in [-0.4, -0.2) is 56.1 Å². The van der Waals surface area contributed by atoms with E-state index in [2.05, 4.69) is 10.1 Å². The Kier molecular flexibility index (Phi) is 6.24. The normalized spacial score (nSPS) is 22.2. The first-order valence-electron chi connectivity index (χ1n) is 9.11. The third kappa shape index (κ3) is 4.54. The molecule has 0 radical (unpaired) electrons. The average molecular weight is 372 g/mol. The van der Waals surface area contributed by atoms with Crippen LogP contribution in [0, 0.1) is 11.8 Å². The number of anilines is 1. The van der Waals surface area contributed by atoms with Crippen molar-refractivity contribution in [3.8, 4) is 0 Å². The summed E-state index contributed by atoms with van der Waals surface area (Å²) in [6.45, 7) is 2.22. The molecule has 2 atom stereocenters. The molecule has 1 aliphatic heterocycles. The van der Waals surface area contributed by atoms with E-state index < -0.39 is 11.9 Å². The first kappa shape index (κ1) is 19.1. The number of hydrogen-bond acceptors (Lipinski definition) is 5. The Bertz CT molecular complexity index is 722. The zero-order valence-corrected chi connectivity index (χ0v) is 15.3. The van der Waals surface area contributed by atoms with Gasteiger partial charge in [-0.05, 0) is 37.1 Å². The van der Waals surface area contributed by atoms with E-state index in [1.165, 1.54) is 7.11 Å². The van der Waals surface area contributed by atoms with E-state index in [1.807, 2.05) is 12.2 Å². The van der Waals surface area contributed by atoms with Gasteiger partial charge in [0.15, 0.2) is 0 Å². The highest BCUT2D eigenvalue weighted by atomic mass is 16.5. The Hall–Kier alpha value is -2.67. The zero-order chi connectivity index (χ0) is 19.2. The van der Waals surface area contributed by atoms with Gasteiger partial charge in [0.25, 0.3) is 0 Å². The van der Waals surface area contributed by atoms with Crippen LogP contribution < -0.4 is 5.32 Å². The highest BCUT2D eigenvalue weighted by Crippen LogP contribution is 2.29. The summed E-state index contributed by atoms with van der Waals surface area (Å²) in [5, 5.41) is 2.86.